The van der Waals surface area contributed by atoms with Crippen molar-refractivity contribution in [3.05, 3.63) is 0 Å². The topological polar surface area (TPSA) is 44.4 Å². The Balaban J connectivity index is 1.83. The van der Waals surface area contributed by atoms with Gasteiger partial charge in [-0.25, -0.2) is 0 Å². The molecule has 4 heteroatoms. The van der Waals surface area contributed by atoms with E-state index < -0.39 is 0 Å². The lowest BCUT2D eigenvalue weighted by Crippen LogP contribution is -2.52. The van der Waals surface area contributed by atoms with E-state index in [0.717, 1.165) is 26.1 Å². The Morgan fingerprint density at radius 3 is 2.75 bits per heavy atom. The number of amides is 1. The van der Waals surface area contributed by atoms with Crippen LogP contribution in [0.5, 0.6) is 0 Å². The molecular weight excluding hydrogens is 250 g/mol. The summed E-state index contributed by atoms with van der Waals surface area (Å²) < 4.78 is 0. The quantitative estimate of drug-likeness (QED) is 0.779. The van der Waals surface area contributed by atoms with Gasteiger partial charge < -0.3 is 10.6 Å². The summed E-state index contributed by atoms with van der Waals surface area (Å²) in [5.41, 5.74) is 0. The molecule has 2 aliphatic rings. The van der Waals surface area contributed by atoms with Gasteiger partial charge in [0.25, 0.3) is 0 Å². The molecule has 116 valence electrons. The summed E-state index contributed by atoms with van der Waals surface area (Å²) >= 11 is 0. The third-order valence-electron chi connectivity index (χ3n) is 4.80. The van der Waals surface area contributed by atoms with E-state index >= 15 is 0 Å². The van der Waals surface area contributed by atoms with Crippen LogP contribution in [0.4, 0.5) is 0 Å². The molecule has 2 aliphatic heterocycles. The third kappa shape index (κ3) is 3.95. The van der Waals surface area contributed by atoms with E-state index in [1.807, 2.05) is 0 Å². The Bertz CT molecular complexity index is 313. The molecule has 0 aromatic carbocycles. The number of nitrogens with one attached hydrogen (secondary N) is 2. The predicted octanol–water partition coefficient (Wildman–Crippen LogP) is 1.75. The van der Waals surface area contributed by atoms with Crippen molar-refractivity contribution in [1.29, 1.82) is 0 Å². The number of rotatable bonds is 6. The van der Waals surface area contributed by atoms with Crippen molar-refractivity contribution >= 4 is 5.91 Å². The molecule has 0 aromatic rings. The molecule has 0 saturated carbocycles. The molecule has 0 aromatic heterocycles. The molecule has 0 aliphatic carbocycles. The van der Waals surface area contributed by atoms with Crippen molar-refractivity contribution in [1.82, 2.24) is 15.5 Å². The standard InChI is InChI=1S/C16H31N3O/c1-12(2)8-10-18-16(20)13(3)19-11-5-7-15(19)14-6-4-9-17-14/h12-15,17H,4-11H2,1-3H3,(H,18,20). The summed E-state index contributed by atoms with van der Waals surface area (Å²) in [7, 11) is 0. The highest BCUT2D eigenvalue weighted by molar-refractivity contribution is 5.81. The van der Waals surface area contributed by atoms with Crippen LogP contribution in [-0.2, 0) is 4.79 Å². The molecule has 0 spiro atoms. The van der Waals surface area contributed by atoms with E-state index in [-0.39, 0.29) is 11.9 Å². The van der Waals surface area contributed by atoms with Gasteiger partial charge in [0, 0.05) is 18.6 Å². The van der Waals surface area contributed by atoms with E-state index in [0.29, 0.717) is 18.0 Å². The zero-order valence-corrected chi connectivity index (χ0v) is 13.3. The first-order chi connectivity index (χ1) is 9.59. The van der Waals surface area contributed by atoms with Gasteiger partial charge in [-0.15, -0.1) is 0 Å². The molecule has 2 heterocycles. The molecule has 2 saturated heterocycles. The van der Waals surface area contributed by atoms with Crippen LogP contribution in [0.15, 0.2) is 0 Å². The monoisotopic (exact) mass is 281 g/mol. The second-order valence-corrected chi connectivity index (χ2v) is 6.80. The van der Waals surface area contributed by atoms with Crippen molar-refractivity contribution in [2.45, 2.75) is 71.0 Å². The van der Waals surface area contributed by atoms with E-state index in [1.54, 1.807) is 0 Å². The van der Waals surface area contributed by atoms with Gasteiger partial charge in [0.1, 0.15) is 0 Å². The molecular formula is C16H31N3O. The number of carbonyl (C=O) groups excluding carboxylic acids is 1. The Labute approximate surface area is 123 Å². The van der Waals surface area contributed by atoms with Crippen LogP contribution in [0, 0.1) is 5.92 Å². The number of hydrogen-bond donors (Lipinski definition) is 2. The van der Waals surface area contributed by atoms with Crippen LogP contribution in [0.25, 0.3) is 0 Å². The summed E-state index contributed by atoms with van der Waals surface area (Å²) in [6, 6.07) is 1.17. The first-order valence-corrected chi connectivity index (χ1v) is 8.36. The molecule has 3 atom stereocenters. The molecule has 2 N–H and O–H groups in total. The van der Waals surface area contributed by atoms with E-state index in [9.17, 15) is 4.79 Å². The molecule has 2 fully saturated rings. The number of carbonyl (C=O) groups is 1. The molecule has 4 nitrogen and oxygen atoms in total. The summed E-state index contributed by atoms with van der Waals surface area (Å²) in [4.78, 5) is 14.7. The van der Waals surface area contributed by atoms with Crippen molar-refractivity contribution in [2.75, 3.05) is 19.6 Å². The maximum absolute atomic E-state index is 12.3. The minimum atomic E-state index is 0.0112. The second-order valence-electron chi connectivity index (χ2n) is 6.80. The van der Waals surface area contributed by atoms with Crippen LogP contribution < -0.4 is 10.6 Å². The normalized spacial score (nSPS) is 29.0. The summed E-state index contributed by atoms with van der Waals surface area (Å²) in [5.74, 6) is 0.850. The summed E-state index contributed by atoms with van der Waals surface area (Å²) in [6.45, 7) is 9.47. The molecule has 2 rings (SSSR count). The minimum Gasteiger partial charge on any atom is -0.355 e. The van der Waals surface area contributed by atoms with Gasteiger partial charge in [0.05, 0.1) is 6.04 Å². The first-order valence-electron chi connectivity index (χ1n) is 8.36. The van der Waals surface area contributed by atoms with E-state index in [4.69, 9.17) is 0 Å². The maximum Gasteiger partial charge on any atom is 0.237 e. The molecule has 20 heavy (non-hydrogen) atoms. The van der Waals surface area contributed by atoms with Crippen LogP contribution in [0.3, 0.4) is 0 Å². The Hall–Kier alpha value is -0.610. The highest BCUT2D eigenvalue weighted by atomic mass is 16.2. The van der Waals surface area contributed by atoms with E-state index in [2.05, 4.69) is 36.3 Å². The first kappa shape index (κ1) is 15.8. The summed E-state index contributed by atoms with van der Waals surface area (Å²) in [6.07, 6.45) is 6.08. The van der Waals surface area contributed by atoms with Crippen LogP contribution in [0.2, 0.25) is 0 Å². The highest BCUT2D eigenvalue weighted by Crippen LogP contribution is 2.26. The fraction of sp³-hybridized carbons (Fsp3) is 0.938. The fourth-order valence-electron chi connectivity index (χ4n) is 3.55. The van der Waals surface area contributed by atoms with Gasteiger partial charge in [0.15, 0.2) is 0 Å². The molecule has 3 unspecified atom stereocenters. The smallest absolute Gasteiger partial charge is 0.237 e. The minimum absolute atomic E-state index is 0.0112. The van der Waals surface area contributed by atoms with Crippen LogP contribution in [0.1, 0.15) is 52.9 Å². The average Bonchev–Trinajstić information content (AvgIpc) is 3.07. The largest absolute Gasteiger partial charge is 0.355 e. The SMILES string of the molecule is CC(C)CCNC(=O)C(C)N1CCCC1C1CCCN1. The molecule has 1 amide bonds. The summed E-state index contributed by atoms with van der Waals surface area (Å²) in [5, 5.41) is 6.71. The molecule has 0 bridgehead atoms. The predicted molar refractivity (Wildman–Crippen MR) is 82.7 cm³/mol. The van der Waals surface area contributed by atoms with Gasteiger partial charge in [-0.2, -0.15) is 0 Å². The van der Waals surface area contributed by atoms with Gasteiger partial charge >= 0.3 is 0 Å². The molecule has 0 radical (unpaired) electrons. The Morgan fingerprint density at radius 1 is 1.30 bits per heavy atom. The average molecular weight is 281 g/mol. The lowest BCUT2D eigenvalue weighted by atomic mass is 10.0. The number of nitrogens with zero attached hydrogens (tertiary/aromatic N) is 1. The third-order valence-corrected chi connectivity index (χ3v) is 4.80. The number of hydrogen-bond acceptors (Lipinski definition) is 3. The zero-order valence-electron chi connectivity index (χ0n) is 13.3. The van der Waals surface area contributed by atoms with Crippen molar-refractivity contribution in [3.63, 3.8) is 0 Å². The van der Waals surface area contributed by atoms with Gasteiger partial charge in [-0.1, -0.05) is 13.8 Å². The lowest BCUT2D eigenvalue weighted by molar-refractivity contribution is -0.126. The van der Waals surface area contributed by atoms with E-state index in [1.165, 1.54) is 25.7 Å². The highest BCUT2D eigenvalue weighted by Gasteiger charge is 2.37. The van der Waals surface area contributed by atoms with Gasteiger partial charge in [-0.3, -0.25) is 9.69 Å². The Morgan fingerprint density at radius 2 is 2.10 bits per heavy atom. The van der Waals surface area contributed by atoms with Crippen LogP contribution >= 0.6 is 0 Å². The Kier molecular flexibility index (Phi) is 5.85. The van der Waals surface area contributed by atoms with Crippen LogP contribution in [-0.4, -0.2) is 48.6 Å². The van der Waals surface area contributed by atoms with Gasteiger partial charge in [-0.05, 0) is 58.0 Å². The maximum atomic E-state index is 12.3. The van der Waals surface area contributed by atoms with Crippen molar-refractivity contribution in [2.24, 2.45) is 5.92 Å². The van der Waals surface area contributed by atoms with Crippen molar-refractivity contribution < 1.29 is 4.79 Å². The number of likely N-dealkylation sites (tertiary alicyclic amines) is 1. The zero-order chi connectivity index (χ0) is 14.5. The lowest BCUT2D eigenvalue weighted by Gasteiger charge is -2.33. The van der Waals surface area contributed by atoms with Crippen molar-refractivity contribution in [3.8, 4) is 0 Å². The van der Waals surface area contributed by atoms with Gasteiger partial charge in [0.2, 0.25) is 5.91 Å². The fourth-order valence-corrected chi connectivity index (χ4v) is 3.55. The second kappa shape index (κ2) is 7.41.